The van der Waals surface area contributed by atoms with Gasteiger partial charge in [-0.3, -0.25) is 4.79 Å². The number of nitrogens with one attached hydrogen (secondary N) is 1. The maximum absolute atomic E-state index is 13.7. The van der Waals surface area contributed by atoms with Crippen molar-refractivity contribution in [3.8, 4) is 28.2 Å². The predicted molar refractivity (Wildman–Crippen MR) is 187 cm³/mol. The summed E-state index contributed by atoms with van der Waals surface area (Å²) in [4.78, 5) is 20.1. The van der Waals surface area contributed by atoms with Gasteiger partial charge in [0.1, 0.15) is 5.00 Å². The van der Waals surface area contributed by atoms with Crippen molar-refractivity contribution in [3.63, 3.8) is 0 Å². The number of benzene rings is 4. The summed E-state index contributed by atoms with van der Waals surface area (Å²) < 4.78 is 3.33. The van der Waals surface area contributed by atoms with Gasteiger partial charge in [0, 0.05) is 32.5 Å². The molecule has 4 nitrogen and oxygen atoms in total. The molecule has 0 atom stereocenters. The van der Waals surface area contributed by atoms with Gasteiger partial charge in [0.05, 0.1) is 17.0 Å². The third-order valence-corrected chi connectivity index (χ3v) is 9.69. The van der Waals surface area contributed by atoms with Crippen LogP contribution in [0.3, 0.4) is 0 Å². The second kappa shape index (κ2) is 12.6. The van der Waals surface area contributed by atoms with Crippen LogP contribution in [0, 0.1) is 0 Å². The Labute approximate surface area is 269 Å². The standard InChI is InChI=1S/C38H30BrN3OS/c39-29-20-22-31(23-21-29)42-33(26-12-4-1-5-13-26)24-28(36(42)27-14-6-2-7-15-27)25-40-38-35(32-18-10-11-19-34(32)44-38)37(43)41-30-16-8-3-9-17-30/h1-9,12-17,20-25H,10-11,18-19H2,(H,41,43). The smallest absolute Gasteiger partial charge is 0.259 e. The van der Waals surface area contributed by atoms with E-state index in [1.165, 1.54) is 4.88 Å². The molecule has 4 aromatic carbocycles. The van der Waals surface area contributed by atoms with Crippen molar-refractivity contribution in [1.29, 1.82) is 0 Å². The van der Waals surface area contributed by atoms with Crippen molar-refractivity contribution in [2.75, 3.05) is 5.32 Å². The van der Waals surface area contributed by atoms with Crippen molar-refractivity contribution in [3.05, 3.63) is 147 Å². The third kappa shape index (κ3) is 5.71. The van der Waals surface area contributed by atoms with Gasteiger partial charge in [-0.1, -0.05) is 94.8 Å². The summed E-state index contributed by atoms with van der Waals surface area (Å²) in [6.45, 7) is 0. The number of halogens is 1. The Kier molecular flexibility index (Phi) is 8.10. The van der Waals surface area contributed by atoms with Gasteiger partial charge < -0.3 is 9.88 Å². The van der Waals surface area contributed by atoms with E-state index < -0.39 is 0 Å². The Morgan fingerprint density at radius 2 is 1.43 bits per heavy atom. The highest BCUT2D eigenvalue weighted by atomic mass is 79.9. The van der Waals surface area contributed by atoms with Gasteiger partial charge in [-0.2, -0.15) is 0 Å². The number of thiophene rings is 1. The van der Waals surface area contributed by atoms with Crippen LogP contribution >= 0.6 is 27.3 Å². The number of carbonyl (C=O) groups is 1. The number of hydrogen-bond acceptors (Lipinski definition) is 3. The van der Waals surface area contributed by atoms with Crippen molar-refractivity contribution in [1.82, 2.24) is 4.57 Å². The molecule has 44 heavy (non-hydrogen) atoms. The van der Waals surface area contributed by atoms with E-state index in [4.69, 9.17) is 4.99 Å². The lowest BCUT2D eigenvalue weighted by Gasteiger charge is -2.15. The molecule has 6 aromatic rings. The van der Waals surface area contributed by atoms with Crippen LogP contribution in [-0.4, -0.2) is 16.7 Å². The van der Waals surface area contributed by atoms with Crippen molar-refractivity contribution in [2.24, 2.45) is 4.99 Å². The topological polar surface area (TPSA) is 46.4 Å². The summed E-state index contributed by atoms with van der Waals surface area (Å²) in [5, 5.41) is 3.88. The molecule has 0 saturated heterocycles. The van der Waals surface area contributed by atoms with Crippen molar-refractivity contribution < 1.29 is 4.79 Å². The lowest BCUT2D eigenvalue weighted by Crippen LogP contribution is -2.14. The van der Waals surface area contributed by atoms with Crippen LogP contribution in [0.1, 0.15) is 39.2 Å². The number of fused-ring (bicyclic) bond motifs is 1. The van der Waals surface area contributed by atoms with E-state index in [1.807, 2.05) is 48.7 Å². The van der Waals surface area contributed by atoms with Gasteiger partial charge in [0.25, 0.3) is 5.91 Å². The Hall–Kier alpha value is -4.52. The largest absolute Gasteiger partial charge is 0.322 e. The number of hydrogen-bond donors (Lipinski definition) is 1. The van der Waals surface area contributed by atoms with Gasteiger partial charge >= 0.3 is 0 Å². The zero-order valence-electron chi connectivity index (χ0n) is 24.0. The first-order valence-corrected chi connectivity index (χ1v) is 16.4. The summed E-state index contributed by atoms with van der Waals surface area (Å²) in [6, 6.07) is 41.2. The van der Waals surface area contributed by atoms with Crippen LogP contribution in [0.25, 0.3) is 28.2 Å². The molecular formula is C38H30BrN3OS. The van der Waals surface area contributed by atoms with Crippen molar-refractivity contribution in [2.45, 2.75) is 25.7 Å². The number of aliphatic imine (C=N–C) groups is 1. The van der Waals surface area contributed by atoms with Crippen LogP contribution in [0.5, 0.6) is 0 Å². The zero-order chi connectivity index (χ0) is 29.9. The fourth-order valence-electron chi connectivity index (χ4n) is 5.92. The van der Waals surface area contributed by atoms with E-state index in [2.05, 4.69) is 105 Å². The Balaban J connectivity index is 1.39. The molecule has 6 heteroatoms. The number of anilines is 1. The molecule has 7 rings (SSSR count). The molecule has 0 unspecified atom stereocenters. The van der Waals surface area contributed by atoms with Gasteiger partial charge in [-0.15, -0.1) is 11.3 Å². The molecule has 0 aliphatic heterocycles. The maximum atomic E-state index is 13.7. The molecular weight excluding hydrogens is 626 g/mol. The van der Waals surface area contributed by atoms with Crippen molar-refractivity contribution >= 4 is 50.1 Å². The quantitative estimate of drug-likeness (QED) is 0.171. The number of amides is 1. The summed E-state index contributed by atoms with van der Waals surface area (Å²) in [7, 11) is 0. The van der Waals surface area contributed by atoms with E-state index in [-0.39, 0.29) is 5.91 Å². The van der Waals surface area contributed by atoms with E-state index >= 15 is 0 Å². The SMILES string of the molecule is O=C(Nc1ccccc1)c1c(N=Cc2cc(-c3ccccc3)n(-c3ccc(Br)cc3)c2-c2ccccc2)sc2c1CCCC2. The minimum Gasteiger partial charge on any atom is -0.322 e. The molecule has 1 amide bonds. The Bertz CT molecular complexity index is 1940. The summed E-state index contributed by atoms with van der Waals surface area (Å²) >= 11 is 5.26. The molecule has 1 aliphatic rings. The number of para-hydroxylation sites is 1. The van der Waals surface area contributed by atoms with Gasteiger partial charge in [-0.05, 0) is 84.8 Å². The predicted octanol–water partition coefficient (Wildman–Crippen LogP) is 10.5. The number of carbonyl (C=O) groups excluding carboxylic acids is 1. The first-order chi connectivity index (χ1) is 21.7. The second-order valence-electron chi connectivity index (χ2n) is 10.8. The van der Waals surface area contributed by atoms with E-state index in [9.17, 15) is 4.79 Å². The minimum absolute atomic E-state index is 0.0940. The molecule has 0 spiro atoms. The first kappa shape index (κ1) is 28.3. The Morgan fingerprint density at radius 3 is 2.14 bits per heavy atom. The summed E-state index contributed by atoms with van der Waals surface area (Å²) in [5.74, 6) is -0.0940. The van der Waals surface area contributed by atoms with E-state index in [0.717, 1.165) is 80.2 Å². The second-order valence-corrected chi connectivity index (χ2v) is 12.8. The normalized spacial score (nSPS) is 12.8. The zero-order valence-corrected chi connectivity index (χ0v) is 26.4. The molecule has 0 saturated carbocycles. The highest BCUT2D eigenvalue weighted by Crippen LogP contribution is 2.41. The maximum Gasteiger partial charge on any atom is 0.259 e. The fourth-order valence-corrected chi connectivity index (χ4v) is 7.41. The van der Waals surface area contributed by atoms with Gasteiger partial charge in [-0.25, -0.2) is 4.99 Å². The number of aromatic nitrogens is 1. The molecule has 1 N–H and O–H groups in total. The highest BCUT2D eigenvalue weighted by molar-refractivity contribution is 9.10. The van der Waals surface area contributed by atoms with Crippen LogP contribution in [0.2, 0.25) is 0 Å². The minimum atomic E-state index is -0.0940. The fraction of sp³-hybridized carbons (Fsp3) is 0.105. The number of nitrogens with zero attached hydrogens (tertiary/aromatic N) is 2. The van der Waals surface area contributed by atoms with Crippen LogP contribution in [-0.2, 0) is 12.8 Å². The van der Waals surface area contributed by atoms with Crippen LogP contribution < -0.4 is 5.32 Å². The lowest BCUT2D eigenvalue weighted by atomic mass is 9.95. The highest BCUT2D eigenvalue weighted by Gasteiger charge is 2.26. The lowest BCUT2D eigenvalue weighted by molar-refractivity contribution is 0.102. The monoisotopic (exact) mass is 655 g/mol. The molecule has 0 radical (unpaired) electrons. The average molecular weight is 657 g/mol. The molecule has 0 bridgehead atoms. The van der Waals surface area contributed by atoms with E-state index in [1.54, 1.807) is 11.3 Å². The van der Waals surface area contributed by atoms with Crippen LogP contribution in [0.4, 0.5) is 10.7 Å². The molecule has 0 fully saturated rings. The average Bonchev–Trinajstić information content (AvgIpc) is 3.64. The Morgan fingerprint density at radius 1 is 0.795 bits per heavy atom. The van der Waals surface area contributed by atoms with E-state index in [0.29, 0.717) is 5.56 Å². The number of aryl methyl sites for hydroxylation is 1. The van der Waals surface area contributed by atoms with Gasteiger partial charge in [0.2, 0.25) is 0 Å². The van der Waals surface area contributed by atoms with Gasteiger partial charge in [0.15, 0.2) is 0 Å². The summed E-state index contributed by atoms with van der Waals surface area (Å²) in [6.07, 6.45) is 6.08. The summed E-state index contributed by atoms with van der Waals surface area (Å²) in [5.41, 5.74) is 9.01. The molecule has 1 aliphatic carbocycles. The number of rotatable bonds is 7. The molecule has 2 heterocycles. The van der Waals surface area contributed by atoms with Crippen LogP contribution in [0.15, 0.2) is 131 Å². The molecule has 2 aromatic heterocycles. The third-order valence-electron chi connectivity index (χ3n) is 7.96. The first-order valence-electron chi connectivity index (χ1n) is 14.8. The molecule has 216 valence electrons.